The van der Waals surface area contributed by atoms with Crippen LogP contribution in [-0.4, -0.2) is 36.2 Å². The fraction of sp³-hybridized carbons (Fsp3) is 0.929. The lowest BCUT2D eigenvalue weighted by atomic mass is 9.82. The molecule has 1 aliphatic carbocycles. The van der Waals surface area contributed by atoms with E-state index >= 15 is 0 Å². The first kappa shape index (κ1) is 13.8. The minimum Gasteiger partial charge on any atom is -0.388 e. The van der Waals surface area contributed by atoms with Crippen LogP contribution in [0.2, 0.25) is 0 Å². The van der Waals surface area contributed by atoms with Gasteiger partial charge in [0.15, 0.2) is 0 Å². The first-order valence-corrected chi connectivity index (χ1v) is 7.32. The monoisotopic (exact) mass is 254 g/mol. The first-order chi connectivity index (χ1) is 8.60. The molecule has 4 heteroatoms. The van der Waals surface area contributed by atoms with Gasteiger partial charge in [-0.2, -0.15) is 0 Å². The second-order valence-electron chi connectivity index (χ2n) is 6.03. The van der Waals surface area contributed by atoms with Crippen molar-refractivity contribution in [3.63, 3.8) is 0 Å². The second-order valence-corrected chi connectivity index (χ2v) is 6.03. The topological polar surface area (TPSA) is 61.4 Å². The number of carbonyl (C=O) groups excluding carboxylic acids is 1. The zero-order valence-corrected chi connectivity index (χ0v) is 11.4. The highest BCUT2D eigenvalue weighted by Gasteiger charge is 2.40. The fourth-order valence-electron chi connectivity index (χ4n) is 3.22. The number of hydrogen-bond donors (Lipinski definition) is 3. The van der Waals surface area contributed by atoms with Gasteiger partial charge in [0.05, 0.1) is 11.0 Å². The molecule has 1 saturated carbocycles. The Labute approximate surface area is 110 Å². The molecule has 1 heterocycles. The van der Waals surface area contributed by atoms with Crippen molar-refractivity contribution in [2.75, 3.05) is 19.6 Å². The summed E-state index contributed by atoms with van der Waals surface area (Å²) in [7, 11) is 0. The zero-order chi connectivity index (χ0) is 13.1. The van der Waals surface area contributed by atoms with Crippen LogP contribution in [-0.2, 0) is 4.79 Å². The maximum Gasteiger partial charge on any atom is 0.227 e. The van der Waals surface area contributed by atoms with Gasteiger partial charge in [0.2, 0.25) is 5.91 Å². The molecular formula is C14H26N2O2. The van der Waals surface area contributed by atoms with Crippen molar-refractivity contribution in [2.45, 2.75) is 57.5 Å². The van der Waals surface area contributed by atoms with E-state index in [0.29, 0.717) is 6.54 Å². The van der Waals surface area contributed by atoms with Gasteiger partial charge in [-0.15, -0.1) is 0 Å². The van der Waals surface area contributed by atoms with Crippen LogP contribution in [0.3, 0.4) is 0 Å². The van der Waals surface area contributed by atoms with Gasteiger partial charge in [-0.25, -0.2) is 0 Å². The number of nitrogens with one attached hydrogen (secondary N) is 2. The lowest BCUT2D eigenvalue weighted by Crippen LogP contribution is -2.49. The van der Waals surface area contributed by atoms with E-state index < -0.39 is 5.60 Å². The van der Waals surface area contributed by atoms with Crippen molar-refractivity contribution >= 4 is 5.91 Å². The Morgan fingerprint density at radius 1 is 1.28 bits per heavy atom. The maximum absolute atomic E-state index is 12.3. The van der Waals surface area contributed by atoms with Gasteiger partial charge < -0.3 is 15.7 Å². The Hall–Kier alpha value is -0.610. The molecule has 104 valence electrons. The normalized spacial score (nSPS) is 31.2. The minimum atomic E-state index is -0.658. The van der Waals surface area contributed by atoms with E-state index in [9.17, 15) is 9.90 Å². The summed E-state index contributed by atoms with van der Waals surface area (Å²) >= 11 is 0. The van der Waals surface area contributed by atoms with Crippen molar-refractivity contribution in [1.29, 1.82) is 0 Å². The van der Waals surface area contributed by atoms with E-state index in [1.165, 1.54) is 6.42 Å². The minimum absolute atomic E-state index is 0.119. The van der Waals surface area contributed by atoms with Gasteiger partial charge in [0, 0.05) is 13.1 Å². The van der Waals surface area contributed by atoms with Crippen molar-refractivity contribution < 1.29 is 9.90 Å². The van der Waals surface area contributed by atoms with Crippen molar-refractivity contribution in [2.24, 2.45) is 5.41 Å². The third-order valence-electron chi connectivity index (χ3n) is 4.76. The Morgan fingerprint density at radius 2 is 2.00 bits per heavy atom. The van der Waals surface area contributed by atoms with Gasteiger partial charge >= 0.3 is 0 Å². The molecule has 4 nitrogen and oxygen atoms in total. The van der Waals surface area contributed by atoms with Crippen LogP contribution in [0.1, 0.15) is 51.9 Å². The molecule has 0 aromatic rings. The fourth-order valence-corrected chi connectivity index (χ4v) is 3.22. The van der Waals surface area contributed by atoms with Gasteiger partial charge in [0.1, 0.15) is 0 Å². The molecule has 1 aliphatic heterocycles. The average molecular weight is 254 g/mol. The van der Waals surface area contributed by atoms with E-state index in [0.717, 1.165) is 51.6 Å². The summed E-state index contributed by atoms with van der Waals surface area (Å²) in [6, 6.07) is 0. The van der Waals surface area contributed by atoms with Crippen molar-refractivity contribution in [3.05, 3.63) is 0 Å². The molecule has 0 aromatic heterocycles. The van der Waals surface area contributed by atoms with Crippen LogP contribution in [0, 0.1) is 5.41 Å². The second kappa shape index (κ2) is 5.57. The van der Waals surface area contributed by atoms with Gasteiger partial charge in [-0.1, -0.05) is 26.2 Å². The van der Waals surface area contributed by atoms with E-state index in [1.54, 1.807) is 0 Å². The zero-order valence-electron chi connectivity index (χ0n) is 11.4. The molecule has 2 aliphatic rings. The molecule has 1 saturated heterocycles. The predicted octanol–water partition coefficient (Wildman–Crippen LogP) is 1.19. The lowest BCUT2D eigenvalue weighted by Gasteiger charge is -2.34. The van der Waals surface area contributed by atoms with Crippen LogP contribution < -0.4 is 10.6 Å². The van der Waals surface area contributed by atoms with Crippen molar-refractivity contribution in [1.82, 2.24) is 10.6 Å². The van der Waals surface area contributed by atoms with E-state index in [1.807, 2.05) is 0 Å². The van der Waals surface area contributed by atoms with Crippen LogP contribution in [0.4, 0.5) is 0 Å². The molecule has 0 radical (unpaired) electrons. The van der Waals surface area contributed by atoms with Gasteiger partial charge in [-0.05, 0) is 32.2 Å². The summed E-state index contributed by atoms with van der Waals surface area (Å²) < 4.78 is 0. The summed E-state index contributed by atoms with van der Waals surface area (Å²) in [5.41, 5.74) is -0.903. The molecular weight excluding hydrogens is 228 g/mol. The number of aliphatic hydroxyl groups is 1. The van der Waals surface area contributed by atoms with Crippen molar-refractivity contribution in [3.8, 4) is 0 Å². The first-order valence-electron chi connectivity index (χ1n) is 7.32. The molecule has 1 atom stereocenters. The third kappa shape index (κ3) is 2.86. The molecule has 2 rings (SSSR count). The molecule has 0 aromatic carbocycles. The summed E-state index contributed by atoms with van der Waals surface area (Å²) in [6.45, 7) is 4.19. The maximum atomic E-state index is 12.3. The average Bonchev–Trinajstić information content (AvgIpc) is 2.87. The van der Waals surface area contributed by atoms with E-state index in [4.69, 9.17) is 0 Å². The summed E-state index contributed by atoms with van der Waals surface area (Å²) in [6.07, 6.45) is 6.78. The molecule has 2 fully saturated rings. The van der Waals surface area contributed by atoms with Crippen LogP contribution in [0.5, 0.6) is 0 Å². The number of carbonyl (C=O) groups is 1. The van der Waals surface area contributed by atoms with Gasteiger partial charge in [-0.3, -0.25) is 4.79 Å². The quantitative estimate of drug-likeness (QED) is 0.706. The SMILES string of the molecule is CCC1(C(=O)NCC2(O)CCCCC2)CCNC1. The highest BCUT2D eigenvalue weighted by Crippen LogP contribution is 2.31. The Kier molecular flexibility index (Phi) is 4.28. The van der Waals surface area contributed by atoms with Crippen LogP contribution in [0.25, 0.3) is 0 Å². The van der Waals surface area contributed by atoms with Crippen LogP contribution >= 0.6 is 0 Å². The molecule has 18 heavy (non-hydrogen) atoms. The summed E-state index contributed by atoms with van der Waals surface area (Å²) in [5.74, 6) is 0.119. The Morgan fingerprint density at radius 3 is 2.56 bits per heavy atom. The van der Waals surface area contributed by atoms with E-state index in [2.05, 4.69) is 17.6 Å². The largest absolute Gasteiger partial charge is 0.388 e. The molecule has 3 N–H and O–H groups in total. The highest BCUT2D eigenvalue weighted by molar-refractivity contribution is 5.83. The number of hydrogen-bond acceptors (Lipinski definition) is 3. The number of rotatable bonds is 4. The third-order valence-corrected chi connectivity index (χ3v) is 4.76. The summed E-state index contributed by atoms with van der Waals surface area (Å²) in [5, 5.41) is 16.7. The highest BCUT2D eigenvalue weighted by atomic mass is 16.3. The smallest absolute Gasteiger partial charge is 0.227 e. The molecule has 0 spiro atoms. The standard InChI is InChI=1S/C14H26N2O2/c1-2-13(8-9-15-10-13)12(17)16-11-14(18)6-4-3-5-7-14/h15,18H,2-11H2,1H3,(H,16,17). The Bertz CT molecular complexity index is 292. The van der Waals surface area contributed by atoms with Gasteiger partial charge in [0.25, 0.3) is 0 Å². The molecule has 1 amide bonds. The van der Waals surface area contributed by atoms with Crippen LogP contribution in [0.15, 0.2) is 0 Å². The van der Waals surface area contributed by atoms with E-state index in [-0.39, 0.29) is 11.3 Å². The predicted molar refractivity (Wildman–Crippen MR) is 71.3 cm³/mol. The Balaban J connectivity index is 1.87. The number of amides is 1. The lowest BCUT2D eigenvalue weighted by molar-refractivity contribution is -0.132. The molecule has 1 unspecified atom stereocenters. The molecule has 0 bridgehead atoms. The summed E-state index contributed by atoms with van der Waals surface area (Å²) in [4.78, 5) is 12.3.